The van der Waals surface area contributed by atoms with Crippen LogP contribution in [0.2, 0.25) is 0 Å². The third-order valence-corrected chi connectivity index (χ3v) is 2.03. The van der Waals surface area contributed by atoms with Gasteiger partial charge in [0, 0.05) is 6.54 Å². The molecule has 0 aliphatic carbocycles. The zero-order valence-corrected chi connectivity index (χ0v) is 7.98. The summed E-state index contributed by atoms with van der Waals surface area (Å²) in [4.78, 5) is 10.5. The van der Waals surface area contributed by atoms with Crippen molar-refractivity contribution in [3.8, 4) is 0 Å². The number of hydrogen-bond donors (Lipinski definition) is 2. The minimum absolute atomic E-state index is 0. The zero-order chi connectivity index (χ0) is 8.91. The van der Waals surface area contributed by atoms with Crippen LogP contribution in [0.15, 0.2) is 0 Å². The van der Waals surface area contributed by atoms with Crippen molar-refractivity contribution in [2.45, 2.75) is 0 Å². The van der Waals surface area contributed by atoms with Gasteiger partial charge in [0.05, 0.1) is 11.1 Å². The van der Waals surface area contributed by atoms with Gasteiger partial charge in [-0.05, 0) is 0 Å². The molecule has 0 saturated heterocycles. The molecular weight excluding hydrogens is 261 g/mol. The van der Waals surface area contributed by atoms with E-state index in [1.54, 1.807) is 0 Å². The molecule has 0 aromatic rings. The van der Waals surface area contributed by atoms with Crippen LogP contribution in [0.25, 0.3) is 0 Å². The van der Waals surface area contributed by atoms with E-state index in [-0.39, 0.29) is 47.3 Å². The van der Waals surface area contributed by atoms with Crippen LogP contribution in [-0.2, 0) is 14.9 Å². The molecule has 0 spiro atoms. The second kappa shape index (κ2) is 7.28. The molecule has 8 heteroatoms. The van der Waals surface area contributed by atoms with E-state index in [0.717, 1.165) is 0 Å². The average Bonchev–Trinajstić information content (AvgIpc) is 1.85. The molecule has 0 heterocycles. The maximum atomic E-state index is 10.5. The molecule has 0 aliphatic heterocycles. The first-order chi connectivity index (χ1) is 4.95. The van der Waals surface area contributed by atoms with Crippen molar-refractivity contribution in [2.24, 2.45) is 0 Å². The third kappa shape index (κ3) is 10.9. The summed E-state index contributed by atoms with van der Waals surface area (Å²) in [6.45, 7) is -0.0662. The summed E-state index contributed by atoms with van der Waals surface area (Å²) in [5.41, 5.74) is 0. The van der Waals surface area contributed by atoms with Crippen LogP contribution in [0.4, 0.5) is 0 Å². The van der Waals surface area contributed by atoms with Gasteiger partial charge in [-0.15, -0.1) is 0 Å². The molecule has 0 fully saturated rings. The maximum absolute atomic E-state index is 10.5. The second-order valence-corrected chi connectivity index (χ2v) is 3.90. The molecule has 12 heavy (non-hydrogen) atoms. The van der Waals surface area contributed by atoms with Gasteiger partial charge in [-0.3, -0.25) is 9.35 Å². The van der Waals surface area contributed by atoms with Crippen LogP contribution in [-0.4, -0.2) is 66.1 Å². The van der Waals surface area contributed by atoms with Crippen molar-refractivity contribution in [1.82, 2.24) is 5.32 Å². The van der Waals surface area contributed by atoms with E-state index in [0.29, 0.717) is 0 Å². The summed E-state index contributed by atoms with van der Waals surface area (Å²) in [5, 5.41) is 2.39. The molecule has 0 saturated carbocycles. The number of alkyl halides is 1. The Morgan fingerprint density at radius 3 is 2.33 bits per heavy atom. The van der Waals surface area contributed by atoms with Crippen molar-refractivity contribution in [3.63, 3.8) is 0 Å². The van der Waals surface area contributed by atoms with E-state index < -0.39 is 15.9 Å². The van der Waals surface area contributed by atoms with Crippen LogP contribution >= 0.6 is 15.9 Å². The van der Waals surface area contributed by atoms with Crippen LogP contribution in [0, 0.1) is 0 Å². The van der Waals surface area contributed by atoms with E-state index in [2.05, 4.69) is 21.2 Å². The Balaban J connectivity index is 0. The third-order valence-electron chi connectivity index (χ3n) is 0.804. The number of amides is 1. The fourth-order valence-electron chi connectivity index (χ4n) is 0.367. The van der Waals surface area contributed by atoms with Crippen molar-refractivity contribution >= 4 is 61.5 Å². The fourth-order valence-corrected chi connectivity index (χ4v) is 0.925. The van der Waals surface area contributed by atoms with Gasteiger partial charge >= 0.3 is 29.6 Å². The van der Waals surface area contributed by atoms with Crippen molar-refractivity contribution in [1.29, 1.82) is 0 Å². The Morgan fingerprint density at radius 2 is 2.00 bits per heavy atom. The van der Waals surface area contributed by atoms with Gasteiger partial charge < -0.3 is 5.32 Å². The van der Waals surface area contributed by atoms with Crippen molar-refractivity contribution < 1.29 is 17.8 Å². The van der Waals surface area contributed by atoms with Crippen molar-refractivity contribution in [2.75, 3.05) is 17.6 Å². The first-order valence-electron chi connectivity index (χ1n) is 2.73. The standard InChI is InChI=1S/C4H8BrNO4S.Na.H/c5-3-4(7)6-1-2-11(8,9)10;;/h1-3H2,(H,6,7)(H,8,9,10);;. The molecule has 1 amide bonds. The summed E-state index contributed by atoms with van der Waals surface area (Å²) in [6, 6.07) is 0. The first-order valence-corrected chi connectivity index (χ1v) is 5.46. The summed E-state index contributed by atoms with van der Waals surface area (Å²) in [5.74, 6) is -0.764. The second-order valence-electron chi connectivity index (χ2n) is 1.77. The molecule has 0 aliphatic rings. The quantitative estimate of drug-likeness (QED) is 0.379. The Bertz CT molecular complexity index is 229. The van der Waals surface area contributed by atoms with E-state index in [1.807, 2.05) is 0 Å². The molecule has 2 N–H and O–H groups in total. The van der Waals surface area contributed by atoms with Crippen LogP contribution < -0.4 is 5.32 Å². The Hall–Kier alpha value is 0.860. The number of rotatable bonds is 4. The molecule has 0 aromatic heterocycles. The summed E-state index contributed by atoms with van der Waals surface area (Å²) < 4.78 is 28.4. The molecule has 68 valence electrons. The normalized spacial score (nSPS) is 10.2. The molecule has 0 atom stereocenters. The van der Waals surface area contributed by atoms with Crippen LogP contribution in [0.1, 0.15) is 0 Å². The van der Waals surface area contributed by atoms with Gasteiger partial charge in [-0.2, -0.15) is 8.42 Å². The average molecular weight is 270 g/mol. The van der Waals surface area contributed by atoms with Crippen LogP contribution in [0.3, 0.4) is 0 Å². The predicted octanol–water partition coefficient (Wildman–Crippen LogP) is -1.26. The van der Waals surface area contributed by atoms with Gasteiger partial charge in [-0.1, -0.05) is 15.9 Å². The topological polar surface area (TPSA) is 83.5 Å². The summed E-state index contributed by atoms with van der Waals surface area (Å²) in [7, 11) is -3.96. The number of carbonyl (C=O) groups excluding carboxylic acids is 1. The number of halogens is 1. The molecule has 0 aromatic carbocycles. The first kappa shape index (κ1) is 15.3. The monoisotopic (exact) mass is 269 g/mol. The summed E-state index contributed by atoms with van der Waals surface area (Å²) >= 11 is 2.87. The van der Waals surface area contributed by atoms with Gasteiger partial charge in [-0.25, -0.2) is 0 Å². The van der Waals surface area contributed by atoms with Gasteiger partial charge in [0.15, 0.2) is 0 Å². The van der Waals surface area contributed by atoms with E-state index in [4.69, 9.17) is 4.55 Å². The van der Waals surface area contributed by atoms with E-state index >= 15 is 0 Å². The van der Waals surface area contributed by atoms with Crippen LogP contribution in [0.5, 0.6) is 0 Å². The van der Waals surface area contributed by atoms with Crippen molar-refractivity contribution in [3.05, 3.63) is 0 Å². The van der Waals surface area contributed by atoms with E-state index in [1.165, 1.54) is 0 Å². The zero-order valence-electron chi connectivity index (χ0n) is 5.58. The van der Waals surface area contributed by atoms with E-state index in [9.17, 15) is 13.2 Å². The number of nitrogens with one attached hydrogen (secondary N) is 1. The number of carbonyl (C=O) groups is 1. The summed E-state index contributed by atoms with van der Waals surface area (Å²) in [6.07, 6.45) is 0. The van der Waals surface area contributed by atoms with Gasteiger partial charge in [0.1, 0.15) is 0 Å². The molecule has 0 unspecified atom stereocenters. The molecule has 0 radical (unpaired) electrons. The molecule has 0 rings (SSSR count). The molecule has 0 bridgehead atoms. The number of hydrogen-bond acceptors (Lipinski definition) is 3. The molecular formula is C4H9BrNNaO4S. The predicted molar refractivity (Wildman–Crippen MR) is 50.4 cm³/mol. The Morgan fingerprint density at radius 1 is 1.50 bits per heavy atom. The fraction of sp³-hybridized carbons (Fsp3) is 0.750. The SMILES string of the molecule is O=C(CBr)NCCS(=O)(=O)O.[NaH]. The van der Waals surface area contributed by atoms with Gasteiger partial charge in [0.2, 0.25) is 5.91 Å². The Kier molecular flexibility index (Phi) is 9.31. The molecule has 5 nitrogen and oxygen atoms in total. The Labute approximate surface area is 101 Å². The van der Waals surface area contributed by atoms with Gasteiger partial charge in [0.25, 0.3) is 10.1 Å². The minimum atomic E-state index is -3.96.